The first-order valence-corrected chi connectivity index (χ1v) is 4.00. The normalized spacial score (nSPS) is 8.77. The van der Waals surface area contributed by atoms with Crippen molar-refractivity contribution in [2.24, 2.45) is 0 Å². The summed E-state index contributed by atoms with van der Waals surface area (Å²) in [6.07, 6.45) is 5.08. The zero-order valence-corrected chi connectivity index (χ0v) is 7.25. The number of hydrogen-bond donors (Lipinski definition) is 1. The Morgan fingerprint density at radius 2 is 2.00 bits per heavy atom. The van der Waals surface area contributed by atoms with Gasteiger partial charge in [-0.15, -0.1) is 6.42 Å². The molecule has 1 aromatic rings. The van der Waals surface area contributed by atoms with Crippen LogP contribution < -0.4 is 5.32 Å². The van der Waals surface area contributed by atoms with E-state index in [1.54, 1.807) is 12.1 Å². The summed E-state index contributed by atoms with van der Waals surface area (Å²) in [7, 11) is 0. The van der Waals surface area contributed by atoms with Crippen molar-refractivity contribution in [3.8, 4) is 18.4 Å². The van der Waals surface area contributed by atoms with Crippen LogP contribution in [0.5, 0.6) is 0 Å². The van der Waals surface area contributed by atoms with E-state index in [0.717, 1.165) is 12.1 Å². The Morgan fingerprint density at radius 1 is 1.31 bits per heavy atom. The molecule has 0 spiro atoms. The van der Waals surface area contributed by atoms with Crippen LogP contribution in [-0.2, 0) is 6.54 Å². The van der Waals surface area contributed by atoms with E-state index in [2.05, 4.69) is 17.3 Å². The first-order chi connectivity index (χ1) is 6.36. The van der Waals surface area contributed by atoms with Crippen molar-refractivity contribution in [1.82, 2.24) is 5.32 Å². The van der Waals surface area contributed by atoms with Gasteiger partial charge in [-0.25, -0.2) is 0 Å². The van der Waals surface area contributed by atoms with Crippen LogP contribution in [0.15, 0.2) is 24.3 Å². The topological polar surface area (TPSA) is 35.8 Å². The quantitative estimate of drug-likeness (QED) is 0.548. The average Bonchev–Trinajstić information content (AvgIpc) is 2.19. The first-order valence-electron chi connectivity index (χ1n) is 4.00. The molecular formula is C11H10N2. The minimum atomic E-state index is 0.569. The van der Waals surface area contributed by atoms with Crippen molar-refractivity contribution in [2.75, 3.05) is 6.54 Å². The van der Waals surface area contributed by atoms with Gasteiger partial charge in [0.25, 0.3) is 0 Å². The highest BCUT2D eigenvalue weighted by molar-refractivity contribution is 5.31. The number of nitriles is 1. The van der Waals surface area contributed by atoms with Gasteiger partial charge in [0.2, 0.25) is 0 Å². The molecule has 2 heteroatoms. The predicted octanol–water partition coefficient (Wildman–Crippen LogP) is 1.28. The number of nitrogens with zero attached hydrogens (tertiary/aromatic N) is 1. The monoisotopic (exact) mass is 170 g/mol. The molecule has 0 aromatic heterocycles. The molecule has 0 radical (unpaired) electrons. The van der Waals surface area contributed by atoms with Gasteiger partial charge in [0.1, 0.15) is 0 Å². The van der Waals surface area contributed by atoms with Crippen LogP contribution in [0.3, 0.4) is 0 Å². The molecule has 1 N–H and O–H groups in total. The molecule has 0 aliphatic carbocycles. The lowest BCUT2D eigenvalue weighted by atomic mass is 10.1. The molecule has 0 saturated heterocycles. The highest BCUT2D eigenvalue weighted by Crippen LogP contribution is 2.02. The van der Waals surface area contributed by atoms with Gasteiger partial charge in [-0.2, -0.15) is 5.26 Å². The predicted molar refractivity (Wildman–Crippen MR) is 51.7 cm³/mol. The lowest BCUT2D eigenvalue weighted by Crippen LogP contribution is -2.12. The van der Waals surface area contributed by atoms with Crippen LogP contribution in [0.4, 0.5) is 0 Å². The second kappa shape index (κ2) is 4.98. The maximum absolute atomic E-state index is 8.55. The maximum atomic E-state index is 8.55. The third-order valence-corrected chi connectivity index (χ3v) is 1.64. The van der Waals surface area contributed by atoms with E-state index in [4.69, 9.17) is 11.7 Å². The van der Waals surface area contributed by atoms with Crippen LogP contribution >= 0.6 is 0 Å². The molecule has 0 amide bonds. The average molecular weight is 170 g/mol. The molecule has 2 nitrogen and oxygen atoms in total. The van der Waals surface area contributed by atoms with Gasteiger partial charge in [0, 0.05) is 6.54 Å². The fraction of sp³-hybridized carbons (Fsp3) is 0.182. The van der Waals surface area contributed by atoms with Gasteiger partial charge < -0.3 is 5.32 Å². The zero-order chi connectivity index (χ0) is 9.52. The van der Waals surface area contributed by atoms with E-state index in [0.29, 0.717) is 12.1 Å². The van der Waals surface area contributed by atoms with E-state index in [-0.39, 0.29) is 0 Å². The fourth-order valence-electron chi connectivity index (χ4n) is 0.976. The largest absolute Gasteiger partial charge is 0.302 e. The van der Waals surface area contributed by atoms with Crippen LogP contribution in [0.2, 0.25) is 0 Å². The lowest BCUT2D eigenvalue weighted by molar-refractivity contribution is 0.770. The Bertz CT molecular complexity index is 338. The van der Waals surface area contributed by atoms with E-state index < -0.39 is 0 Å². The summed E-state index contributed by atoms with van der Waals surface area (Å²) in [5.74, 6) is 2.50. The van der Waals surface area contributed by atoms with Crippen LogP contribution in [0.1, 0.15) is 11.1 Å². The Balaban J connectivity index is 2.52. The van der Waals surface area contributed by atoms with Gasteiger partial charge in [-0.1, -0.05) is 18.1 Å². The second-order valence-electron chi connectivity index (χ2n) is 2.62. The van der Waals surface area contributed by atoms with Crippen molar-refractivity contribution in [3.63, 3.8) is 0 Å². The molecule has 0 aliphatic heterocycles. The second-order valence-corrected chi connectivity index (χ2v) is 2.62. The summed E-state index contributed by atoms with van der Waals surface area (Å²) in [4.78, 5) is 0. The molecule has 1 aromatic carbocycles. The van der Waals surface area contributed by atoms with Gasteiger partial charge in [0.05, 0.1) is 18.2 Å². The third kappa shape index (κ3) is 2.99. The fourth-order valence-corrected chi connectivity index (χ4v) is 0.976. The molecule has 13 heavy (non-hydrogen) atoms. The number of terminal acetylenes is 1. The first kappa shape index (κ1) is 9.32. The minimum absolute atomic E-state index is 0.569. The van der Waals surface area contributed by atoms with Gasteiger partial charge in [-0.3, -0.25) is 0 Å². The van der Waals surface area contributed by atoms with Crippen molar-refractivity contribution in [1.29, 1.82) is 5.26 Å². The third-order valence-electron chi connectivity index (χ3n) is 1.64. The Morgan fingerprint density at radius 3 is 2.54 bits per heavy atom. The SMILES string of the molecule is C#CCNCc1ccc(C#N)cc1. The lowest BCUT2D eigenvalue weighted by Gasteiger charge is -2.00. The molecule has 1 rings (SSSR count). The van der Waals surface area contributed by atoms with Gasteiger partial charge in [0.15, 0.2) is 0 Å². The zero-order valence-electron chi connectivity index (χ0n) is 7.25. The Hall–Kier alpha value is -1.77. The van der Waals surface area contributed by atoms with Crippen molar-refractivity contribution < 1.29 is 0 Å². The number of rotatable bonds is 3. The molecule has 0 heterocycles. The van der Waals surface area contributed by atoms with Gasteiger partial charge in [-0.05, 0) is 17.7 Å². The highest BCUT2D eigenvalue weighted by Gasteiger charge is 1.91. The van der Waals surface area contributed by atoms with E-state index in [9.17, 15) is 0 Å². The molecule has 0 unspecified atom stereocenters. The highest BCUT2D eigenvalue weighted by atomic mass is 14.8. The molecule has 0 atom stereocenters. The molecule has 64 valence electrons. The summed E-state index contributed by atoms with van der Waals surface area (Å²) < 4.78 is 0. The summed E-state index contributed by atoms with van der Waals surface area (Å²) >= 11 is 0. The smallest absolute Gasteiger partial charge is 0.0991 e. The van der Waals surface area contributed by atoms with E-state index in [1.165, 1.54) is 0 Å². The number of nitrogens with one attached hydrogen (secondary N) is 1. The van der Waals surface area contributed by atoms with Crippen molar-refractivity contribution in [3.05, 3.63) is 35.4 Å². The minimum Gasteiger partial charge on any atom is -0.302 e. The summed E-state index contributed by atoms with van der Waals surface area (Å²) in [6.45, 7) is 1.32. The number of benzene rings is 1. The van der Waals surface area contributed by atoms with Gasteiger partial charge >= 0.3 is 0 Å². The Labute approximate surface area is 78.2 Å². The van der Waals surface area contributed by atoms with Crippen LogP contribution in [-0.4, -0.2) is 6.54 Å². The molecule has 0 fully saturated rings. The molecule has 0 saturated carbocycles. The van der Waals surface area contributed by atoms with E-state index in [1.807, 2.05) is 12.1 Å². The number of hydrogen-bond acceptors (Lipinski definition) is 2. The molecule has 0 aliphatic rings. The summed E-state index contributed by atoms with van der Waals surface area (Å²) in [6, 6.07) is 9.50. The van der Waals surface area contributed by atoms with E-state index >= 15 is 0 Å². The summed E-state index contributed by atoms with van der Waals surface area (Å²) in [5, 5.41) is 11.6. The van der Waals surface area contributed by atoms with Crippen molar-refractivity contribution in [2.45, 2.75) is 6.54 Å². The molecular weight excluding hydrogens is 160 g/mol. The Kier molecular flexibility index (Phi) is 3.57. The van der Waals surface area contributed by atoms with Crippen molar-refractivity contribution >= 4 is 0 Å². The van der Waals surface area contributed by atoms with Crippen LogP contribution in [0.25, 0.3) is 0 Å². The molecule has 0 bridgehead atoms. The standard InChI is InChI=1S/C11H10N2/c1-2-7-13-9-11-5-3-10(8-12)4-6-11/h1,3-6,13H,7,9H2. The summed E-state index contributed by atoms with van der Waals surface area (Å²) in [5.41, 5.74) is 1.81. The maximum Gasteiger partial charge on any atom is 0.0991 e. The van der Waals surface area contributed by atoms with Crippen LogP contribution in [0, 0.1) is 23.7 Å².